The fraction of sp³-hybridized carbons (Fsp3) is 0.609. The Hall–Kier alpha value is -2.86. The largest absolute Gasteiger partial charge is 0.480 e. The minimum absolute atomic E-state index is 0.0816. The number of guanidine groups is 1. The van der Waals surface area contributed by atoms with Gasteiger partial charge in [-0.25, -0.2) is 9.00 Å². The number of para-hydroxylation sites is 1. The van der Waals surface area contributed by atoms with E-state index in [0.29, 0.717) is 37.4 Å². The lowest BCUT2D eigenvalue weighted by molar-refractivity contribution is -0.153. The number of anilines is 2. The van der Waals surface area contributed by atoms with Crippen LogP contribution in [0.25, 0.3) is 0 Å². The van der Waals surface area contributed by atoms with E-state index in [0.717, 1.165) is 17.7 Å². The van der Waals surface area contributed by atoms with E-state index in [-0.39, 0.29) is 31.4 Å². The zero-order valence-electron chi connectivity index (χ0n) is 20.2. The lowest BCUT2D eigenvalue weighted by Crippen LogP contribution is -2.57. The third kappa shape index (κ3) is 6.43. The molecule has 2 aliphatic heterocycles. The number of nitrogens with zero attached hydrogens (tertiary/aromatic N) is 3. The van der Waals surface area contributed by atoms with Crippen LogP contribution in [-0.2, 0) is 27.3 Å². The van der Waals surface area contributed by atoms with Gasteiger partial charge in [-0.3, -0.25) is 18.6 Å². The second-order valence-electron chi connectivity index (χ2n) is 9.54. The molecule has 5 atom stereocenters. The number of hydrogen-bond acceptors (Lipinski definition) is 5. The van der Waals surface area contributed by atoms with Crippen LogP contribution in [0.5, 0.6) is 0 Å². The second kappa shape index (κ2) is 11.7. The van der Waals surface area contributed by atoms with Crippen molar-refractivity contribution < 1.29 is 23.5 Å². The molecule has 0 spiro atoms. The van der Waals surface area contributed by atoms with Gasteiger partial charge in [0.15, 0.2) is 5.96 Å². The zero-order chi connectivity index (χ0) is 25.7. The fourth-order valence-corrected chi connectivity index (χ4v) is 5.63. The fourth-order valence-electron chi connectivity index (χ4n) is 4.89. The Kier molecular flexibility index (Phi) is 8.95. The van der Waals surface area contributed by atoms with Crippen molar-refractivity contribution >= 4 is 40.5 Å². The number of nitrogens with one attached hydrogen (secondary N) is 1. The van der Waals surface area contributed by atoms with E-state index >= 15 is 0 Å². The summed E-state index contributed by atoms with van der Waals surface area (Å²) in [4.78, 5) is 31.2. The molecular weight excluding hydrogens is 472 g/mol. The van der Waals surface area contributed by atoms with Crippen LogP contribution in [0.2, 0.25) is 0 Å². The maximum absolute atomic E-state index is 13.9. The Morgan fingerprint density at radius 2 is 2.06 bits per heavy atom. The van der Waals surface area contributed by atoms with Crippen LogP contribution in [0.3, 0.4) is 0 Å². The number of aliphatic carboxylic acids is 1. The molecular formula is C23H36N6O5S. The number of aliphatic imine (C=N–C) groups is 1. The number of hydrogen-bond donors (Lipinski definition) is 5. The summed E-state index contributed by atoms with van der Waals surface area (Å²) in [7, 11) is 0. The molecule has 0 radical (unpaired) electrons. The standard InChI is InChI=1S/C23H36N6O5S/c1-14-8-10-28(19(12-14)22(31)32)21(30)18(7-4-9-26-23(24)25)29(35(33)34)17-6-3-5-16-11-15(2)13-27-20(16)17/h3,5-6,14-15,18-19,27H,4,7-13H2,1-2H3,(H,31,32)(H,33,34)(H4,24,25,26)/t14?,15-,18+,19?/m1/s1. The number of amides is 1. The predicted molar refractivity (Wildman–Crippen MR) is 136 cm³/mol. The van der Waals surface area contributed by atoms with Crippen LogP contribution in [0, 0.1) is 11.8 Å². The van der Waals surface area contributed by atoms with Gasteiger partial charge in [-0.1, -0.05) is 26.0 Å². The number of rotatable bonds is 9. The van der Waals surface area contributed by atoms with Crippen molar-refractivity contribution in [1.82, 2.24) is 4.90 Å². The summed E-state index contributed by atoms with van der Waals surface area (Å²) in [6.45, 7) is 5.28. The minimum atomic E-state index is -2.55. The minimum Gasteiger partial charge on any atom is -0.480 e. The summed E-state index contributed by atoms with van der Waals surface area (Å²) < 4.78 is 24.3. The molecule has 7 N–H and O–H groups in total. The maximum atomic E-state index is 13.9. The van der Waals surface area contributed by atoms with E-state index < -0.39 is 35.2 Å². The van der Waals surface area contributed by atoms with Gasteiger partial charge in [0.2, 0.25) is 5.91 Å². The summed E-state index contributed by atoms with van der Waals surface area (Å²) in [5.74, 6) is -1.08. The number of likely N-dealkylation sites (tertiary alicyclic amines) is 1. The highest BCUT2D eigenvalue weighted by Crippen LogP contribution is 2.37. The van der Waals surface area contributed by atoms with Crippen LogP contribution in [0.1, 0.15) is 45.1 Å². The van der Waals surface area contributed by atoms with Gasteiger partial charge in [-0.2, -0.15) is 0 Å². The number of nitrogens with two attached hydrogens (primary N) is 2. The van der Waals surface area contributed by atoms with Crippen molar-refractivity contribution in [2.24, 2.45) is 28.3 Å². The molecule has 1 aromatic carbocycles. The van der Waals surface area contributed by atoms with Gasteiger partial charge in [0.1, 0.15) is 12.1 Å². The number of piperidine rings is 1. The Morgan fingerprint density at radius 3 is 2.71 bits per heavy atom. The van der Waals surface area contributed by atoms with Crippen molar-refractivity contribution in [1.29, 1.82) is 0 Å². The molecule has 1 fully saturated rings. The molecule has 2 aliphatic rings. The van der Waals surface area contributed by atoms with Crippen LogP contribution in [-0.4, -0.2) is 68.3 Å². The molecule has 3 rings (SSSR count). The summed E-state index contributed by atoms with van der Waals surface area (Å²) in [6.07, 6.45) is 2.34. The number of benzene rings is 1. The molecule has 0 bridgehead atoms. The predicted octanol–water partition coefficient (Wildman–Crippen LogP) is 1.37. The number of carbonyl (C=O) groups excluding carboxylic acids is 1. The SMILES string of the molecule is CC1CCN(C(=O)[C@H](CCCN=C(N)N)N(c2cccc3c2NC[C@H](C)C3)S(=O)O)C(C(=O)O)C1. The lowest BCUT2D eigenvalue weighted by Gasteiger charge is -2.40. The maximum Gasteiger partial charge on any atom is 0.326 e. The summed E-state index contributed by atoms with van der Waals surface area (Å²) >= 11 is -2.55. The average molecular weight is 509 g/mol. The van der Waals surface area contributed by atoms with E-state index in [2.05, 4.69) is 17.2 Å². The molecule has 0 saturated carbocycles. The third-order valence-electron chi connectivity index (χ3n) is 6.66. The van der Waals surface area contributed by atoms with Gasteiger partial charge in [0.25, 0.3) is 11.3 Å². The first-order valence-corrected chi connectivity index (χ1v) is 13.0. The molecule has 0 aromatic heterocycles. The third-order valence-corrected chi connectivity index (χ3v) is 7.45. The normalized spacial score (nSPS) is 23.4. The van der Waals surface area contributed by atoms with Crippen molar-refractivity contribution in [3.8, 4) is 0 Å². The average Bonchev–Trinajstić information content (AvgIpc) is 2.79. The van der Waals surface area contributed by atoms with Gasteiger partial charge >= 0.3 is 5.97 Å². The van der Waals surface area contributed by atoms with Crippen molar-refractivity contribution in [3.05, 3.63) is 23.8 Å². The highest BCUT2D eigenvalue weighted by Gasteiger charge is 2.41. The van der Waals surface area contributed by atoms with E-state index in [9.17, 15) is 23.5 Å². The Bertz CT molecular complexity index is 985. The van der Waals surface area contributed by atoms with Crippen molar-refractivity contribution in [2.75, 3.05) is 29.3 Å². The highest BCUT2D eigenvalue weighted by molar-refractivity contribution is 7.80. The number of carboxylic acid groups (broad SMARTS) is 1. The van der Waals surface area contributed by atoms with Gasteiger partial charge in [-0.15, -0.1) is 0 Å². The van der Waals surface area contributed by atoms with E-state index in [1.807, 2.05) is 13.0 Å². The van der Waals surface area contributed by atoms with E-state index in [1.54, 1.807) is 12.1 Å². The monoisotopic (exact) mass is 508 g/mol. The number of fused-ring (bicyclic) bond motifs is 1. The molecule has 194 valence electrons. The second-order valence-corrected chi connectivity index (χ2v) is 10.4. The molecule has 12 heteroatoms. The smallest absolute Gasteiger partial charge is 0.326 e. The van der Waals surface area contributed by atoms with Crippen molar-refractivity contribution in [2.45, 2.75) is 58.0 Å². The van der Waals surface area contributed by atoms with Crippen LogP contribution in [0.15, 0.2) is 23.2 Å². The van der Waals surface area contributed by atoms with Crippen LogP contribution in [0.4, 0.5) is 11.4 Å². The van der Waals surface area contributed by atoms with Crippen LogP contribution < -0.4 is 21.1 Å². The lowest BCUT2D eigenvalue weighted by atomic mass is 9.91. The van der Waals surface area contributed by atoms with E-state index in [1.165, 1.54) is 9.21 Å². The van der Waals surface area contributed by atoms with Gasteiger partial charge in [0, 0.05) is 19.6 Å². The molecule has 1 saturated heterocycles. The number of carbonyl (C=O) groups is 2. The molecule has 0 aliphatic carbocycles. The summed E-state index contributed by atoms with van der Waals surface area (Å²) in [5, 5.41) is 13.2. The zero-order valence-corrected chi connectivity index (χ0v) is 21.0. The first-order chi connectivity index (χ1) is 16.6. The first kappa shape index (κ1) is 26.7. The quantitative estimate of drug-likeness (QED) is 0.144. The molecule has 11 nitrogen and oxygen atoms in total. The van der Waals surface area contributed by atoms with Crippen LogP contribution >= 0.6 is 0 Å². The molecule has 1 amide bonds. The summed E-state index contributed by atoms with van der Waals surface area (Å²) in [5.41, 5.74) is 13.0. The highest BCUT2D eigenvalue weighted by atomic mass is 32.2. The Labute approximate surface area is 208 Å². The Balaban J connectivity index is 2.00. The van der Waals surface area contributed by atoms with Gasteiger partial charge < -0.3 is 26.8 Å². The molecule has 2 heterocycles. The first-order valence-electron chi connectivity index (χ1n) is 11.9. The molecule has 3 unspecified atom stereocenters. The molecule has 35 heavy (non-hydrogen) atoms. The van der Waals surface area contributed by atoms with Gasteiger partial charge in [0.05, 0.1) is 11.4 Å². The van der Waals surface area contributed by atoms with Crippen molar-refractivity contribution in [3.63, 3.8) is 0 Å². The van der Waals surface area contributed by atoms with Gasteiger partial charge in [-0.05, 0) is 55.6 Å². The Morgan fingerprint density at radius 1 is 1.31 bits per heavy atom. The summed E-state index contributed by atoms with van der Waals surface area (Å²) in [6, 6.07) is 3.42. The molecule has 1 aromatic rings. The van der Waals surface area contributed by atoms with E-state index in [4.69, 9.17) is 11.5 Å². The number of carboxylic acids is 1. The topological polar surface area (TPSA) is 175 Å².